The fraction of sp³-hybridized carbons (Fsp3) is 0.632. The summed E-state index contributed by atoms with van der Waals surface area (Å²) in [7, 11) is 3.19. The Morgan fingerprint density at radius 1 is 1.08 bits per heavy atom. The first kappa shape index (κ1) is 19.8. The Morgan fingerprint density at radius 3 is 2.32 bits per heavy atom. The summed E-state index contributed by atoms with van der Waals surface area (Å²) in [6.45, 7) is 4.36. The molecule has 1 heterocycles. The number of carbonyl (C=O) groups excluding carboxylic acids is 1. The minimum absolute atomic E-state index is 0.325. The molecule has 0 unspecified atom stereocenters. The van der Waals surface area contributed by atoms with Crippen LogP contribution < -0.4 is 0 Å². The van der Waals surface area contributed by atoms with E-state index in [0.717, 1.165) is 12.0 Å². The normalized spacial score (nSPS) is 29.4. The molecular weight excluding hydrogens is 324 g/mol. The number of esters is 1. The van der Waals surface area contributed by atoms with Crippen LogP contribution in [0.3, 0.4) is 0 Å². The van der Waals surface area contributed by atoms with E-state index in [4.69, 9.17) is 23.7 Å². The highest BCUT2D eigenvalue weighted by molar-refractivity contribution is 5.66. The maximum atomic E-state index is 11.6. The van der Waals surface area contributed by atoms with Gasteiger partial charge in [-0.2, -0.15) is 0 Å². The average molecular weight is 352 g/mol. The molecule has 1 fully saturated rings. The van der Waals surface area contributed by atoms with Gasteiger partial charge >= 0.3 is 5.97 Å². The zero-order chi connectivity index (χ0) is 18.2. The van der Waals surface area contributed by atoms with Crippen molar-refractivity contribution in [3.8, 4) is 0 Å². The molecule has 0 spiro atoms. The van der Waals surface area contributed by atoms with E-state index < -0.39 is 24.4 Å². The molecule has 0 N–H and O–H groups in total. The number of hydrogen-bond donors (Lipinski definition) is 0. The Balaban J connectivity index is 2.29. The SMILES string of the molecule is CCCOC[C@H]1O[C@@H](c2ccccc2)[C@H](OC)[C@@H](OC)[C@@H]1OC(C)=O. The van der Waals surface area contributed by atoms with Crippen molar-refractivity contribution in [3.63, 3.8) is 0 Å². The molecule has 1 aromatic rings. The molecule has 1 aliphatic rings. The Kier molecular flexibility index (Phi) is 7.84. The van der Waals surface area contributed by atoms with Crippen LogP contribution in [0.25, 0.3) is 0 Å². The van der Waals surface area contributed by atoms with Gasteiger partial charge in [-0.3, -0.25) is 4.79 Å². The Labute approximate surface area is 149 Å². The molecule has 1 saturated heterocycles. The Bertz CT molecular complexity index is 520. The molecule has 0 bridgehead atoms. The van der Waals surface area contributed by atoms with E-state index in [9.17, 15) is 4.79 Å². The van der Waals surface area contributed by atoms with Crippen LogP contribution in [0.2, 0.25) is 0 Å². The molecule has 1 aliphatic heterocycles. The fourth-order valence-corrected chi connectivity index (χ4v) is 3.16. The number of rotatable bonds is 8. The molecule has 140 valence electrons. The largest absolute Gasteiger partial charge is 0.457 e. The van der Waals surface area contributed by atoms with Gasteiger partial charge in [0.2, 0.25) is 0 Å². The first-order valence-corrected chi connectivity index (χ1v) is 8.63. The van der Waals surface area contributed by atoms with Crippen LogP contribution in [0, 0.1) is 0 Å². The summed E-state index contributed by atoms with van der Waals surface area (Å²) < 4.78 is 28.8. The highest BCUT2D eigenvalue weighted by Crippen LogP contribution is 2.36. The topological polar surface area (TPSA) is 63.2 Å². The standard InChI is InChI=1S/C19H28O6/c1-5-11-23-12-15-17(24-13(2)20)19(22-4)18(21-3)16(25-15)14-9-7-6-8-10-14/h6-10,15-19H,5,11-12H2,1-4H3/t15-,16+,17-,18+,19+/m1/s1. The van der Waals surface area contributed by atoms with Gasteiger partial charge in [-0.25, -0.2) is 0 Å². The van der Waals surface area contributed by atoms with E-state index in [1.807, 2.05) is 37.3 Å². The van der Waals surface area contributed by atoms with Gasteiger partial charge < -0.3 is 23.7 Å². The van der Waals surface area contributed by atoms with Crippen molar-refractivity contribution in [2.75, 3.05) is 27.4 Å². The van der Waals surface area contributed by atoms with E-state index in [1.165, 1.54) is 6.92 Å². The summed E-state index contributed by atoms with van der Waals surface area (Å²) in [5, 5.41) is 0. The smallest absolute Gasteiger partial charge is 0.303 e. The molecule has 0 aliphatic carbocycles. The van der Waals surface area contributed by atoms with Crippen LogP contribution >= 0.6 is 0 Å². The van der Waals surface area contributed by atoms with E-state index >= 15 is 0 Å². The lowest BCUT2D eigenvalue weighted by Crippen LogP contribution is -2.58. The molecule has 2 rings (SSSR count). The Morgan fingerprint density at radius 2 is 1.76 bits per heavy atom. The monoisotopic (exact) mass is 352 g/mol. The number of carbonyl (C=O) groups is 1. The summed E-state index contributed by atoms with van der Waals surface area (Å²) in [4.78, 5) is 11.6. The molecule has 5 atom stereocenters. The minimum Gasteiger partial charge on any atom is -0.457 e. The molecule has 0 saturated carbocycles. The first-order chi connectivity index (χ1) is 12.1. The second-order valence-corrected chi connectivity index (χ2v) is 6.06. The lowest BCUT2D eigenvalue weighted by Gasteiger charge is -2.45. The molecule has 6 nitrogen and oxygen atoms in total. The zero-order valence-electron chi connectivity index (χ0n) is 15.3. The lowest BCUT2D eigenvalue weighted by molar-refractivity contribution is -0.254. The summed E-state index contributed by atoms with van der Waals surface area (Å²) >= 11 is 0. The van der Waals surface area contributed by atoms with Gasteiger partial charge in [-0.15, -0.1) is 0 Å². The maximum Gasteiger partial charge on any atom is 0.303 e. The number of ether oxygens (including phenoxy) is 5. The average Bonchev–Trinajstić information content (AvgIpc) is 2.62. The van der Waals surface area contributed by atoms with Crippen molar-refractivity contribution >= 4 is 5.97 Å². The third kappa shape index (κ3) is 5.01. The van der Waals surface area contributed by atoms with Gasteiger partial charge in [0, 0.05) is 27.8 Å². The van der Waals surface area contributed by atoms with Crippen LogP contribution in [0.1, 0.15) is 31.9 Å². The van der Waals surface area contributed by atoms with Crippen molar-refractivity contribution in [2.45, 2.75) is 50.8 Å². The predicted octanol–water partition coefficient (Wildman–Crippen LogP) is 2.51. The number of methoxy groups -OCH3 is 2. The van der Waals surface area contributed by atoms with Crippen LogP contribution in [0.5, 0.6) is 0 Å². The number of hydrogen-bond acceptors (Lipinski definition) is 6. The molecule has 0 aromatic heterocycles. The van der Waals surface area contributed by atoms with E-state index in [2.05, 4.69) is 0 Å². The van der Waals surface area contributed by atoms with Gasteiger partial charge in [-0.1, -0.05) is 37.3 Å². The van der Waals surface area contributed by atoms with Crippen molar-refractivity contribution in [3.05, 3.63) is 35.9 Å². The quantitative estimate of drug-likeness (QED) is 0.529. The predicted molar refractivity (Wildman–Crippen MR) is 92.3 cm³/mol. The molecule has 0 radical (unpaired) electrons. The second-order valence-electron chi connectivity index (χ2n) is 6.06. The highest BCUT2D eigenvalue weighted by atomic mass is 16.6. The van der Waals surface area contributed by atoms with Crippen LogP contribution in [0.4, 0.5) is 0 Å². The van der Waals surface area contributed by atoms with Gasteiger partial charge in [0.1, 0.15) is 24.4 Å². The molecule has 1 aromatic carbocycles. The van der Waals surface area contributed by atoms with Crippen molar-refractivity contribution < 1.29 is 28.5 Å². The van der Waals surface area contributed by atoms with Crippen molar-refractivity contribution in [2.24, 2.45) is 0 Å². The van der Waals surface area contributed by atoms with Gasteiger partial charge in [-0.05, 0) is 12.0 Å². The van der Waals surface area contributed by atoms with Gasteiger partial charge in [0.05, 0.1) is 6.61 Å². The van der Waals surface area contributed by atoms with Crippen LogP contribution in [-0.4, -0.2) is 57.8 Å². The van der Waals surface area contributed by atoms with Crippen LogP contribution in [-0.2, 0) is 28.5 Å². The number of benzene rings is 1. The second kappa shape index (κ2) is 9.87. The van der Waals surface area contributed by atoms with E-state index in [0.29, 0.717) is 13.2 Å². The third-order valence-corrected chi connectivity index (χ3v) is 4.24. The van der Waals surface area contributed by atoms with Crippen molar-refractivity contribution in [1.29, 1.82) is 0 Å². The third-order valence-electron chi connectivity index (χ3n) is 4.24. The Hall–Kier alpha value is -1.47. The van der Waals surface area contributed by atoms with E-state index in [1.54, 1.807) is 14.2 Å². The summed E-state index contributed by atoms with van der Waals surface area (Å²) in [6, 6.07) is 9.83. The molecular formula is C19H28O6. The minimum atomic E-state index is -0.593. The molecule has 0 amide bonds. The maximum absolute atomic E-state index is 11.6. The summed E-state index contributed by atoms with van der Waals surface area (Å²) in [5.74, 6) is -0.385. The van der Waals surface area contributed by atoms with Crippen LogP contribution in [0.15, 0.2) is 30.3 Å². The van der Waals surface area contributed by atoms with Gasteiger partial charge in [0.15, 0.2) is 6.10 Å². The summed E-state index contributed by atoms with van der Waals surface area (Å²) in [5.41, 5.74) is 0.984. The first-order valence-electron chi connectivity index (χ1n) is 8.63. The zero-order valence-corrected chi connectivity index (χ0v) is 15.3. The summed E-state index contributed by atoms with van der Waals surface area (Å²) in [6.07, 6.45) is -1.32. The molecule has 6 heteroatoms. The van der Waals surface area contributed by atoms with Crippen molar-refractivity contribution in [1.82, 2.24) is 0 Å². The fourth-order valence-electron chi connectivity index (χ4n) is 3.16. The molecule has 25 heavy (non-hydrogen) atoms. The highest BCUT2D eigenvalue weighted by Gasteiger charge is 2.49. The van der Waals surface area contributed by atoms with E-state index in [-0.39, 0.29) is 12.1 Å². The van der Waals surface area contributed by atoms with Gasteiger partial charge in [0.25, 0.3) is 0 Å². The lowest BCUT2D eigenvalue weighted by atomic mass is 9.90.